The molecule has 0 aliphatic carbocycles. The fourth-order valence-electron chi connectivity index (χ4n) is 2.27. The van der Waals surface area contributed by atoms with Crippen LogP contribution in [0.15, 0.2) is 30.3 Å². The van der Waals surface area contributed by atoms with Crippen LogP contribution in [-0.2, 0) is 23.7 Å². The molecule has 1 unspecified atom stereocenters. The summed E-state index contributed by atoms with van der Waals surface area (Å²) in [4.78, 5) is 0. The van der Waals surface area contributed by atoms with Crippen LogP contribution in [0.3, 0.4) is 0 Å². The molecule has 1 aromatic rings. The molecule has 0 amide bonds. The van der Waals surface area contributed by atoms with E-state index in [4.69, 9.17) is 23.7 Å². The molecule has 0 N–H and O–H groups in total. The largest absolute Gasteiger partial charge is 0.384 e. The second-order valence-corrected chi connectivity index (χ2v) is 5.41. The SMILES string of the molecule is COCC1(COC(C)OC)COC(c2ccccc2)OC1. The van der Waals surface area contributed by atoms with E-state index in [2.05, 4.69) is 0 Å². The molecular weight excluding hydrogens is 272 g/mol. The van der Waals surface area contributed by atoms with Gasteiger partial charge in [-0.05, 0) is 6.92 Å². The highest BCUT2D eigenvalue weighted by atomic mass is 16.7. The maximum absolute atomic E-state index is 5.88. The molecule has 0 aromatic heterocycles. The van der Waals surface area contributed by atoms with Crippen LogP contribution in [0.2, 0.25) is 0 Å². The Labute approximate surface area is 126 Å². The van der Waals surface area contributed by atoms with E-state index in [-0.39, 0.29) is 18.0 Å². The van der Waals surface area contributed by atoms with E-state index < -0.39 is 0 Å². The van der Waals surface area contributed by atoms with E-state index in [1.807, 2.05) is 37.3 Å². The minimum Gasteiger partial charge on any atom is -0.384 e. The molecule has 0 radical (unpaired) electrons. The van der Waals surface area contributed by atoms with Crippen LogP contribution in [0.5, 0.6) is 0 Å². The van der Waals surface area contributed by atoms with Gasteiger partial charge in [0, 0.05) is 19.8 Å². The Hall–Kier alpha value is -0.980. The zero-order valence-electron chi connectivity index (χ0n) is 12.9. The van der Waals surface area contributed by atoms with Crippen molar-refractivity contribution in [3.8, 4) is 0 Å². The number of hydrogen-bond acceptors (Lipinski definition) is 5. The molecule has 0 saturated carbocycles. The second-order valence-electron chi connectivity index (χ2n) is 5.41. The third-order valence-corrected chi connectivity index (χ3v) is 3.56. The summed E-state index contributed by atoms with van der Waals surface area (Å²) in [6.45, 7) is 3.90. The minimum absolute atomic E-state index is 0.259. The smallest absolute Gasteiger partial charge is 0.183 e. The van der Waals surface area contributed by atoms with E-state index in [0.717, 1.165) is 5.56 Å². The summed E-state index contributed by atoms with van der Waals surface area (Å²) >= 11 is 0. The molecule has 1 atom stereocenters. The van der Waals surface area contributed by atoms with E-state index >= 15 is 0 Å². The maximum Gasteiger partial charge on any atom is 0.183 e. The number of methoxy groups -OCH3 is 2. The van der Waals surface area contributed by atoms with Gasteiger partial charge in [-0.2, -0.15) is 0 Å². The van der Waals surface area contributed by atoms with Crippen LogP contribution < -0.4 is 0 Å². The van der Waals surface area contributed by atoms with E-state index in [1.165, 1.54) is 0 Å². The van der Waals surface area contributed by atoms with Crippen molar-refractivity contribution in [2.24, 2.45) is 5.41 Å². The highest BCUT2D eigenvalue weighted by Crippen LogP contribution is 2.32. The third kappa shape index (κ3) is 4.49. The Morgan fingerprint density at radius 1 is 1.14 bits per heavy atom. The number of rotatable bonds is 7. The van der Waals surface area contributed by atoms with Gasteiger partial charge in [0.15, 0.2) is 12.6 Å². The second kappa shape index (κ2) is 7.87. The third-order valence-electron chi connectivity index (χ3n) is 3.56. The van der Waals surface area contributed by atoms with Crippen molar-refractivity contribution in [3.63, 3.8) is 0 Å². The van der Waals surface area contributed by atoms with Crippen LogP contribution in [0.25, 0.3) is 0 Å². The van der Waals surface area contributed by atoms with Gasteiger partial charge in [-0.3, -0.25) is 0 Å². The maximum atomic E-state index is 5.88. The van der Waals surface area contributed by atoms with Crippen molar-refractivity contribution in [1.29, 1.82) is 0 Å². The Balaban J connectivity index is 1.93. The number of ether oxygens (including phenoxy) is 5. The lowest BCUT2D eigenvalue weighted by molar-refractivity contribution is -0.262. The van der Waals surface area contributed by atoms with Gasteiger partial charge in [-0.15, -0.1) is 0 Å². The van der Waals surface area contributed by atoms with Gasteiger partial charge in [0.05, 0.1) is 31.8 Å². The van der Waals surface area contributed by atoms with Gasteiger partial charge in [-0.25, -0.2) is 0 Å². The first kappa shape index (κ1) is 16.4. The van der Waals surface area contributed by atoms with Gasteiger partial charge >= 0.3 is 0 Å². The normalized spacial score (nSPS) is 27.5. The molecule has 0 bridgehead atoms. The van der Waals surface area contributed by atoms with Crippen LogP contribution in [0.1, 0.15) is 18.8 Å². The molecule has 1 heterocycles. The molecule has 1 aromatic carbocycles. The topological polar surface area (TPSA) is 46.2 Å². The first-order valence-electron chi connectivity index (χ1n) is 7.10. The Kier molecular flexibility index (Phi) is 6.14. The van der Waals surface area contributed by atoms with Crippen molar-refractivity contribution in [3.05, 3.63) is 35.9 Å². The molecule has 21 heavy (non-hydrogen) atoms. The van der Waals surface area contributed by atoms with Gasteiger partial charge in [-0.1, -0.05) is 30.3 Å². The van der Waals surface area contributed by atoms with Crippen molar-refractivity contribution < 1.29 is 23.7 Å². The molecule has 118 valence electrons. The summed E-state index contributed by atoms with van der Waals surface area (Å²) in [6, 6.07) is 9.92. The molecule has 0 spiro atoms. The average Bonchev–Trinajstić information content (AvgIpc) is 2.54. The summed E-state index contributed by atoms with van der Waals surface area (Å²) in [5.41, 5.74) is 0.724. The minimum atomic E-state index is -0.323. The Morgan fingerprint density at radius 2 is 1.81 bits per heavy atom. The summed E-state index contributed by atoms with van der Waals surface area (Å²) in [5, 5.41) is 0. The van der Waals surface area contributed by atoms with Crippen molar-refractivity contribution in [1.82, 2.24) is 0 Å². The summed E-state index contributed by atoms with van der Waals surface area (Å²) in [7, 11) is 3.29. The van der Waals surface area contributed by atoms with Crippen molar-refractivity contribution >= 4 is 0 Å². The van der Waals surface area contributed by atoms with Crippen molar-refractivity contribution in [2.75, 3.05) is 40.6 Å². The van der Waals surface area contributed by atoms with E-state index in [0.29, 0.717) is 26.4 Å². The quantitative estimate of drug-likeness (QED) is 0.723. The molecular formula is C16H24O5. The van der Waals surface area contributed by atoms with Gasteiger partial charge in [0.1, 0.15) is 0 Å². The zero-order valence-corrected chi connectivity index (χ0v) is 12.9. The van der Waals surface area contributed by atoms with Crippen LogP contribution >= 0.6 is 0 Å². The Bertz CT molecular complexity index is 400. The van der Waals surface area contributed by atoms with Crippen molar-refractivity contribution in [2.45, 2.75) is 19.5 Å². The summed E-state index contributed by atoms with van der Waals surface area (Å²) in [6.07, 6.45) is -0.582. The molecule has 5 heteroatoms. The molecule has 1 saturated heterocycles. The lowest BCUT2D eigenvalue weighted by Gasteiger charge is -2.39. The first-order valence-corrected chi connectivity index (χ1v) is 7.10. The molecule has 1 aliphatic heterocycles. The standard InChI is InChI=1S/C16H24O5/c1-13(18-3)19-10-16(9-17-2)11-20-15(21-12-16)14-7-5-4-6-8-14/h4-8,13,15H,9-12H2,1-3H3. The predicted molar refractivity (Wildman–Crippen MR) is 77.8 cm³/mol. The van der Waals surface area contributed by atoms with Crippen LogP contribution in [0.4, 0.5) is 0 Å². The lowest BCUT2D eigenvalue weighted by atomic mass is 9.91. The van der Waals surface area contributed by atoms with Crippen LogP contribution in [-0.4, -0.2) is 46.9 Å². The predicted octanol–water partition coefficient (Wildman–Crippen LogP) is 2.37. The number of hydrogen-bond donors (Lipinski definition) is 0. The molecule has 5 nitrogen and oxygen atoms in total. The highest BCUT2D eigenvalue weighted by molar-refractivity contribution is 5.16. The summed E-state index contributed by atoms with van der Waals surface area (Å²) < 4.78 is 27.8. The fourth-order valence-corrected chi connectivity index (χ4v) is 2.27. The average molecular weight is 296 g/mol. The molecule has 2 rings (SSSR count). The molecule has 1 fully saturated rings. The first-order chi connectivity index (χ1) is 10.2. The van der Waals surface area contributed by atoms with Gasteiger partial charge in [0.25, 0.3) is 0 Å². The fraction of sp³-hybridized carbons (Fsp3) is 0.625. The van der Waals surface area contributed by atoms with Crippen LogP contribution in [0, 0.1) is 5.41 Å². The summed E-state index contributed by atoms with van der Waals surface area (Å²) in [5.74, 6) is 0. The highest BCUT2D eigenvalue weighted by Gasteiger charge is 2.38. The van der Waals surface area contributed by atoms with E-state index in [1.54, 1.807) is 14.2 Å². The van der Waals surface area contributed by atoms with Gasteiger partial charge in [0.2, 0.25) is 0 Å². The monoisotopic (exact) mass is 296 g/mol. The Morgan fingerprint density at radius 3 is 2.38 bits per heavy atom. The van der Waals surface area contributed by atoms with Gasteiger partial charge < -0.3 is 23.7 Å². The zero-order chi connectivity index (χ0) is 15.1. The molecule has 1 aliphatic rings. The number of benzene rings is 1. The van der Waals surface area contributed by atoms with E-state index in [9.17, 15) is 0 Å². The lowest BCUT2D eigenvalue weighted by Crippen LogP contribution is -2.46.